The van der Waals surface area contributed by atoms with Gasteiger partial charge < -0.3 is 10.1 Å². The third kappa shape index (κ3) is 3.70. The first-order valence-electron chi connectivity index (χ1n) is 8.46. The Hall–Kier alpha value is -2.58. The number of anilines is 2. The molecule has 1 fully saturated rings. The van der Waals surface area contributed by atoms with Crippen LogP contribution in [0.2, 0.25) is 5.02 Å². The average molecular weight is 423 g/mol. The summed E-state index contributed by atoms with van der Waals surface area (Å²) in [7, 11) is -2.34. The second-order valence-corrected chi connectivity index (χ2v) is 8.88. The van der Waals surface area contributed by atoms with Crippen LogP contribution < -0.4 is 14.4 Å². The molecule has 1 atom stereocenters. The molecule has 1 unspecified atom stereocenters. The van der Waals surface area contributed by atoms with E-state index in [0.29, 0.717) is 15.7 Å². The Morgan fingerprint density at radius 1 is 1.25 bits per heavy atom. The van der Waals surface area contributed by atoms with Crippen LogP contribution in [0.5, 0.6) is 5.75 Å². The van der Waals surface area contributed by atoms with E-state index in [1.165, 1.54) is 32.2 Å². The number of carbonyl (C=O) groups is 2. The number of nitrogens with zero attached hydrogens (tertiary/aromatic N) is 1. The van der Waals surface area contributed by atoms with Crippen LogP contribution in [0.15, 0.2) is 36.4 Å². The van der Waals surface area contributed by atoms with Gasteiger partial charge in [0.05, 0.1) is 35.2 Å². The van der Waals surface area contributed by atoms with Crippen molar-refractivity contribution in [2.45, 2.75) is 13.8 Å². The number of amides is 2. The molecule has 148 valence electrons. The van der Waals surface area contributed by atoms with Crippen molar-refractivity contribution in [3.05, 3.63) is 52.5 Å². The van der Waals surface area contributed by atoms with Crippen LogP contribution in [-0.4, -0.2) is 33.1 Å². The van der Waals surface area contributed by atoms with Crippen LogP contribution in [0.4, 0.5) is 11.4 Å². The summed E-state index contributed by atoms with van der Waals surface area (Å²) in [4.78, 5) is 25.1. The molecule has 9 heteroatoms. The van der Waals surface area contributed by atoms with Gasteiger partial charge in [0.2, 0.25) is 15.9 Å². The minimum atomic E-state index is -3.83. The van der Waals surface area contributed by atoms with E-state index in [1.54, 1.807) is 12.1 Å². The number of hydrogen-bond acceptors (Lipinski definition) is 5. The first-order valence-corrected chi connectivity index (χ1v) is 10.4. The number of benzene rings is 2. The molecule has 0 radical (unpaired) electrons. The van der Waals surface area contributed by atoms with Crippen molar-refractivity contribution in [2.75, 3.05) is 22.5 Å². The van der Waals surface area contributed by atoms with E-state index >= 15 is 0 Å². The molecular weight excluding hydrogens is 404 g/mol. The van der Waals surface area contributed by atoms with E-state index in [4.69, 9.17) is 16.3 Å². The molecule has 2 aromatic rings. The second-order valence-electron chi connectivity index (χ2n) is 6.61. The minimum absolute atomic E-state index is 0.0279. The van der Waals surface area contributed by atoms with Gasteiger partial charge >= 0.3 is 0 Å². The van der Waals surface area contributed by atoms with Crippen LogP contribution in [0.1, 0.15) is 22.8 Å². The highest BCUT2D eigenvalue weighted by Crippen LogP contribution is 2.35. The molecular formula is C19H19ClN2O5S. The van der Waals surface area contributed by atoms with Crippen LogP contribution in [0.25, 0.3) is 0 Å². The van der Waals surface area contributed by atoms with E-state index in [-0.39, 0.29) is 22.0 Å². The lowest BCUT2D eigenvalue weighted by Gasteiger charge is -2.18. The molecule has 0 saturated carbocycles. The van der Waals surface area contributed by atoms with Crippen LogP contribution >= 0.6 is 11.6 Å². The monoisotopic (exact) mass is 422 g/mol. The molecule has 0 bridgehead atoms. The summed E-state index contributed by atoms with van der Waals surface area (Å²) < 4.78 is 30.6. The van der Waals surface area contributed by atoms with Gasteiger partial charge in [0, 0.05) is 5.56 Å². The minimum Gasteiger partial charge on any atom is -0.495 e. The summed E-state index contributed by atoms with van der Waals surface area (Å²) in [6.45, 7) is 3.41. The standard InChI is InChI=1S/C19H19ClN2O5S/c1-11-4-7-17(27-3)15(8-11)21-18(23)13-5-6-14(20)16(9-13)22-19(24)12(2)10-28(22,25)26/h4-9,12H,10H2,1-3H3,(H,21,23). The molecule has 0 spiro atoms. The Bertz CT molecular complexity index is 1070. The van der Waals surface area contributed by atoms with Crippen molar-refractivity contribution >= 4 is 44.8 Å². The summed E-state index contributed by atoms with van der Waals surface area (Å²) in [5, 5.41) is 2.80. The maximum atomic E-state index is 12.7. The molecule has 28 heavy (non-hydrogen) atoms. The molecule has 1 heterocycles. The van der Waals surface area contributed by atoms with Gasteiger partial charge in [-0.3, -0.25) is 9.59 Å². The van der Waals surface area contributed by atoms with Crippen LogP contribution in [0.3, 0.4) is 0 Å². The molecule has 1 N–H and O–H groups in total. The second kappa shape index (κ2) is 7.44. The predicted octanol–water partition coefficient (Wildman–Crippen LogP) is 3.22. The number of hydrogen-bond donors (Lipinski definition) is 1. The summed E-state index contributed by atoms with van der Waals surface area (Å²) in [5.41, 5.74) is 1.53. The number of sulfonamides is 1. The first kappa shape index (κ1) is 20.2. The van der Waals surface area contributed by atoms with Gasteiger partial charge in [-0.1, -0.05) is 24.6 Å². The van der Waals surface area contributed by atoms with Gasteiger partial charge in [-0.2, -0.15) is 0 Å². The largest absolute Gasteiger partial charge is 0.495 e. The molecule has 0 aromatic heterocycles. The third-order valence-electron chi connectivity index (χ3n) is 4.39. The highest BCUT2D eigenvalue weighted by molar-refractivity contribution is 7.94. The van der Waals surface area contributed by atoms with Crippen molar-refractivity contribution in [3.8, 4) is 5.75 Å². The maximum Gasteiger partial charge on any atom is 0.255 e. The zero-order valence-corrected chi connectivity index (χ0v) is 17.1. The highest BCUT2D eigenvalue weighted by atomic mass is 35.5. The highest BCUT2D eigenvalue weighted by Gasteiger charge is 2.43. The molecule has 2 amide bonds. The zero-order chi connectivity index (χ0) is 20.6. The SMILES string of the molecule is COc1ccc(C)cc1NC(=O)c1ccc(Cl)c(N2C(=O)C(C)CS2(=O)=O)c1. The lowest BCUT2D eigenvalue weighted by molar-refractivity contribution is -0.119. The van der Waals surface area contributed by atoms with Crippen molar-refractivity contribution in [3.63, 3.8) is 0 Å². The topological polar surface area (TPSA) is 92.8 Å². The Kier molecular flexibility index (Phi) is 5.36. The summed E-state index contributed by atoms with van der Waals surface area (Å²) >= 11 is 6.14. The fraction of sp³-hybridized carbons (Fsp3) is 0.263. The number of ether oxygens (including phenoxy) is 1. The van der Waals surface area contributed by atoms with E-state index < -0.39 is 27.8 Å². The van der Waals surface area contributed by atoms with Crippen molar-refractivity contribution in [1.29, 1.82) is 0 Å². The smallest absolute Gasteiger partial charge is 0.255 e. The normalized spacial score (nSPS) is 18.2. The molecule has 1 aliphatic rings. The first-order chi connectivity index (χ1) is 13.1. The Balaban J connectivity index is 1.97. The van der Waals surface area contributed by atoms with Crippen molar-refractivity contribution < 1.29 is 22.7 Å². The van der Waals surface area contributed by atoms with Gasteiger partial charge in [0.1, 0.15) is 5.75 Å². The molecule has 1 saturated heterocycles. The van der Waals surface area contributed by atoms with Gasteiger partial charge in [-0.05, 0) is 42.8 Å². The van der Waals surface area contributed by atoms with Gasteiger partial charge in [-0.15, -0.1) is 0 Å². The average Bonchev–Trinajstić information content (AvgIpc) is 2.83. The zero-order valence-electron chi connectivity index (χ0n) is 15.5. The quantitative estimate of drug-likeness (QED) is 0.816. The van der Waals surface area contributed by atoms with Crippen molar-refractivity contribution in [1.82, 2.24) is 0 Å². The fourth-order valence-electron chi connectivity index (χ4n) is 2.99. The molecule has 0 aliphatic carbocycles. The fourth-order valence-corrected chi connectivity index (χ4v) is 5.07. The molecule has 1 aliphatic heterocycles. The van der Waals surface area contributed by atoms with E-state index in [1.807, 2.05) is 13.0 Å². The number of aryl methyl sites for hydroxylation is 1. The van der Waals surface area contributed by atoms with E-state index in [9.17, 15) is 18.0 Å². The summed E-state index contributed by atoms with van der Waals surface area (Å²) in [6.07, 6.45) is 0. The Morgan fingerprint density at radius 2 is 1.96 bits per heavy atom. The van der Waals surface area contributed by atoms with Crippen LogP contribution in [0, 0.1) is 12.8 Å². The number of methoxy groups -OCH3 is 1. The van der Waals surface area contributed by atoms with Crippen LogP contribution in [-0.2, 0) is 14.8 Å². The van der Waals surface area contributed by atoms with Gasteiger partial charge in [0.25, 0.3) is 5.91 Å². The predicted molar refractivity (Wildman–Crippen MR) is 108 cm³/mol. The number of nitrogens with one attached hydrogen (secondary N) is 1. The van der Waals surface area contributed by atoms with Crippen molar-refractivity contribution in [2.24, 2.45) is 5.92 Å². The maximum absolute atomic E-state index is 12.7. The number of rotatable bonds is 4. The lowest BCUT2D eigenvalue weighted by Crippen LogP contribution is -2.30. The van der Waals surface area contributed by atoms with Gasteiger partial charge in [0.15, 0.2) is 0 Å². The Morgan fingerprint density at radius 3 is 2.57 bits per heavy atom. The summed E-state index contributed by atoms with van der Waals surface area (Å²) in [5.74, 6) is -1.54. The lowest BCUT2D eigenvalue weighted by atomic mass is 10.1. The number of carbonyl (C=O) groups excluding carboxylic acids is 2. The summed E-state index contributed by atoms with van der Waals surface area (Å²) in [6, 6.07) is 9.48. The molecule has 3 rings (SSSR count). The number of halogens is 1. The van der Waals surface area contributed by atoms with E-state index in [2.05, 4.69) is 5.32 Å². The third-order valence-corrected chi connectivity index (χ3v) is 6.56. The van der Waals surface area contributed by atoms with E-state index in [0.717, 1.165) is 5.56 Å². The molecule has 7 nitrogen and oxygen atoms in total. The van der Waals surface area contributed by atoms with Gasteiger partial charge in [-0.25, -0.2) is 12.7 Å². The molecule has 2 aromatic carbocycles. The Labute approximate surface area is 168 Å².